The maximum atomic E-state index is 14.1. The summed E-state index contributed by atoms with van der Waals surface area (Å²) in [4.78, 5) is 41.5. The highest BCUT2D eigenvalue weighted by Gasteiger charge is 2.32. The fraction of sp³-hybridized carbons (Fsp3) is 0.455. The van der Waals surface area contributed by atoms with Crippen molar-refractivity contribution in [2.24, 2.45) is 7.05 Å². The SMILES string of the molecule is CCOC(=O)c1c(CCCOc2cccc3ccccc23)c2cccc(-c3c(CBr)nn(C)c3C)c2n1CCCCN(C(=O)OC(C)(C)C)C(=O)OC(C)(C)C. The minimum absolute atomic E-state index is 0.0679. The van der Waals surface area contributed by atoms with Crippen LogP contribution in [0.4, 0.5) is 9.59 Å². The van der Waals surface area contributed by atoms with Crippen LogP contribution in [0.3, 0.4) is 0 Å². The van der Waals surface area contributed by atoms with Crippen LogP contribution in [0.25, 0.3) is 32.8 Å². The molecule has 11 nitrogen and oxygen atoms in total. The van der Waals surface area contributed by atoms with Gasteiger partial charge < -0.3 is 23.5 Å². The highest BCUT2D eigenvalue weighted by atomic mass is 79.9. The van der Waals surface area contributed by atoms with Gasteiger partial charge in [0, 0.05) is 53.1 Å². The standard InChI is InChI=1S/C44H55BrN4O7/c1-10-53-40(50)39-33(23-17-27-54-36-24-15-19-30-18-11-12-20-31(30)36)32-21-16-22-34(37-29(2)47(9)46-35(37)28-45)38(32)48(39)25-13-14-26-49(41(51)55-43(3,4)5)42(52)56-44(6,7)8/h11-12,15-16,18-22,24H,10,13-14,17,23,25-28H2,1-9H3. The van der Waals surface area contributed by atoms with E-state index in [0.29, 0.717) is 49.9 Å². The third kappa shape index (κ3) is 9.93. The summed E-state index contributed by atoms with van der Waals surface area (Å²) in [6, 6.07) is 20.3. The smallest absolute Gasteiger partial charge is 0.419 e. The fourth-order valence-electron chi connectivity index (χ4n) is 6.90. The fourth-order valence-corrected chi connectivity index (χ4v) is 7.29. The van der Waals surface area contributed by atoms with E-state index in [4.69, 9.17) is 24.0 Å². The number of unbranched alkanes of at least 4 members (excludes halogenated alkanes) is 1. The highest BCUT2D eigenvalue weighted by molar-refractivity contribution is 9.08. The van der Waals surface area contributed by atoms with Crippen LogP contribution in [-0.4, -0.2) is 68.4 Å². The number of para-hydroxylation sites is 1. The molecule has 56 heavy (non-hydrogen) atoms. The van der Waals surface area contributed by atoms with Crippen LogP contribution in [0, 0.1) is 6.92 Å². The van der Waals surface area contributed by atoms with Gasteiger partial charge in [0.25, 0.3) is 0 Å². The Labute approximate surface area is 338 Å². The molecule has 5 rings (SSSR count). The van der Waals surface area contributed by atoms with Gasteiger partial charge in [0.1, 0.15) is 22.6 Å². The number of halogens is 1. The lowest BCUT2D eigenvalue weighted by Gasteiger charge is -2.28. The van der Waals surface area contributed by atoms with Crippen molar-refractivity contribution < 1.29 is 33.3 Å². The first-order chi connectivity index (χ1) is 26.5. The lowest BCUT2D eigenvalue weighted by molar-refractivity contribution is 0.00113. The van der Waals surface area contributed by atoms with Crippen LogP contribution in [-0.2, 0) is 39.6 Å². The number of esters is 1. The van der Waals surface area contributed by atoms with Crippen LogP contribution in [0.1, 0.15) is 95.2 Å². The van der Waals surface area contributed by atoms with Crippen molar-refractivity contribution in [1.82, 2.24) is 19.2 Å². The zero-order valence-electron chi connectivity index (χ0n) is 34.2. The summed E-state index contributed by atoms with van der Waals surface area (Å²) in [6.45, 7) is 15.5. The van der Waals surface area contributed by atoms with Crippen molar-refractivity contribution in [2.45, 2.75) is 104 Å². The van der Waals surface area contributed by atoms with E-state index in [0.717, 1.165) is 60.4 Å². The monoisotopic (exact) mass is 830 g/mol. The maximum Gasteiger partial charge on any atom is 0.419 e. The van der Waals surface area contributed by atoms with Gasteiger partial charge >= 0.3 is 18.2 Å². The number of carbonyl (C=O) groups excluding carboxylic acids is 3. The molecule has 0 spiro atoms. The van der Waals surface area contributed by atoms with E-state index < -0.39 is 29.4 Å². The summed E-state index contributed by atoms with van der Waals surface area (Å²) >= 11 is 3.65. The van der Waals surface area contributed by atoms with Gasteiger partial charge in [-0.15, -0.1) is 0 Å². The van der Waals surface area contributed by atoms with Gasteiger partial charge in [-0.25, -0.2) is 19.3 Å². The Hall–Kier alpha value is -4.84. The van der Waals surface area contributed by atoms with Crippen molar-refractivity contribution >= 4 is 55.8 Å². The number of hydrogen-bond donors (Lipinski definition) is 0. The average Bonchev–Trinajstić information content (AvgIpc) is 3.60. The number of benzene rings is 3. The number of carbonyl (C=O) groups is 3. The minimum atomic E-state index is -0.804. The van der Waals surface area contributed by atoms with E-state index in [1.54, 1.807) is 48.5 Å². The second-order valence-corrected chi connectivity index (χ2v) is 16.4. The van der Waals surface area contributed by atoms with Gasteiger partial charge in [-0.3, -0.25) is 4.68 Å². The van der Waals surface area contributed by atoms with Gasteiger partial charge in [-0.1, -0.05) is 70.5 Å². The summed E-state index contributed by atoms with van der Waals surface area (Å²) in [7, 11) is 1.93. The summed E-state index contributed by atoms with van der Waals surface area (Å²) in [5.74, 6) is 0.409. The van der Waals surface area contributed by atoms with Gasteiger partial charge in [-0.05, 0) is 98.1 Å². The molecule has 2 amide bonds. The van der Waals surface area contributed by atoms with Gasteiger partial charge in [0.05, 0.1) is 24.4 Å². The third-order valence-electron chi connectivity index (χ3n) is 9.28. The van der Waals surface area contributed by atoms with Gasteiger partial charge in [-0.2, -0.15) is 5.10 Å². The largest absolute Gasteiger partial charge is 0.493 e. The van der Waals surface area contributed by atoms with Crippen molar-refractivity contribution in [3.63, 3.8) is 0 Å². The van der Waals surface area contributed by atoms with Crippen molar-refractivity contribution in [2.75, 3.05) is 19.8 Å². The summed E-state index contributed by atoms with van der Waals surface area (Å²) < 4.78 is 27.2. The molecule has 0 aliphatic rings. The number of fused-ring (bicyclic) bond motifs is 2. The Morgan fingerprint density at radius 2 is 1.48 bits per heavy atom. The van der Waals surface area contributed by atoms with Crippen molar-refractivity contribution in [3.05, 3.63) is 83.3 Å². The first-order valence-corrected chi connectivity index (χ1v) is 20.4. The number of imide groups is 1. The van der Waals surface area contributed by atoms with Crippen LogP contribution in [0.15, 0.2) is 60.7 Å². The predicted molar refractivity (Wildman–Crippen MR) is 224 cm³/mol. The van der Waals surface area contributed by atoms with E-state index in [-0.39, 0.29) is 13.2 Å². The maximum absolute atomic E-state index is 14.1. The molecule has 0 bridgehead atoms. The van der Waals surface area contributed by atoms with Crippen LogP contribution < -0.4 is 4.74 Å². The quantitative estimate of drug-likeness (QED) is 0.0470. The molecule has 0 unspecified atom stereocenters. The molecule has 3 aromatic carbocycles. The molecule has 300 valence electrons. The van der Waals surface area contributed by atoms with E-state index in [9.17, 15) is 14.4 Å². The molecule has 2 heterocycles. The Kier molecular flexibility index (Phi) is 13.6. The molecule has 2 aromatic heterocycles. The number of amides is 2. The number of aryl methyl sites for hydroxylation is 3. The van der Waals surface area contributed by atoms with Gasteiger partial charge in [0.15, 0.2) is 0 Å². The number of ether oxygens (including phenoxy) is 4. The Bertz CT molecular complexity index is 2160. The number of alkyl halides is 1. The molecular weight excluding hydrogens is 776 g/mol. The minimum Gasteiger partial charge on any atom is -0.493 e. The van der Waals surface area contributed by atoms with Crippen LogP contribution >= 0.6 is 15.9 Å². The summed E-state index contributed by atoms with van der Waals surface area (Å²) in [6.07, 6.45) is 0.625. The van der Waals surface area contributed by atoms with E-state index in [2.05, 4.69) is 50.8 Å². The topological polar surface area (TPSA) is 114 Å². The van der Waals surface area contributed by atoms with Crippen LogP contribution in [0.5, 0.6) is 5.75 Å². The molecule has 5 aromatic rings. The Morgan fingerprint density at radius 1 is 0.839 bits per heavy atom. The molecule has 0 aliphatic carbocycles. The molecule has 0 aliphatic heterocycles. The van der Waals surface area contributed by atoms with E-state index in [1.807, 2.05) is 49.0 Å². The second-order valence-electron chi connectivity index (χ2n) is 15.8. The van der Waals surface area contributed by atoms with Crippen molar-refractivity contribution in [1.29, 1.82) is 0 Å². The van der Waals surface area contributed by atoms with E-state index >= 15 is 0 Å². The number of aromatic nitrogens is 3. The molecular formula is C44H55BrN4O7. The Morgan fingerprint density at radius 3 is 2.14 bits per heavy atom. The van der Waals surface area contributed by atoms with Crippen molar-refractivity contribution in [3.8, 4) is 16.9 Å². The molecule has 12 heteroatoms. The molecule has 0 atom stereocenters. The molecule has 0 N–H and O–H groups in total. The number of rotatable bonds is 14. The van der Waals surface area contributed by atoms with Gasteiger partial charge in [0.2, 0.25) is 0 Å². The zero-order chi connectivity index (χ0) is 40.8. The summed E-state index contributed by atoms with van der Waals surface area (Å²) in [5.41, 5.74) is 4.49. The lowest BCUT2D eigenvalue weighted by atomic mass is 9.98. The highest BCUT2D eigenvalue weighted by Crippen LogP contribution is 2.39. The van der Waals surface area contributed by atoms with Crippen LogP contribution in [0.2, 0.25) is 0 Å². The zero-order valence-corrected chi connectivity index (χ0v) is 35.7. The normalized spacial score (nSPS) is 11.9. The molecule has 0 saturated carbocycles. The van der Waals surface area contributed by atoms with E-state index in [1.165, 1.54) is 0 Å². The first kappa shape index (κ1) is 42.3. The number of hydrogen-bond acceptors (Lipinski definition) is 8. The predicted octanol–water partition coefficient (Wildman–Crippen LogP) is 10.5. The molecule has 0 radical (unpaired) electrons. The summed E-state index contributed by atoms with van der Waals surface area (Å²) in [5, 5.41) is 8.44. The second kappa shape index (κ2) is 18.0. The number of nitrogens with zero attached hydrogens (tertiary/aromatic N) is 4. The average molecular weight is 832 g/mol. The first-order valence-electron chi connectivity index (χ1n) is 19.3. The molecule has 0 fully saturated rings. The molecule has 0 saturated heterocycles. The third-order valence-corrected chi connectivity index (χ3v) is 9.81. The Balaban J connectivity index is 1.52. The lowest BCUT2D eigenvalue weighted by Crippen LogP contribution is -2.44.